The smallest absolute Gasteiger partial charge is 0.303 e. The highest BCUT2D eigenvalue weighted by atomic mass is 32.2. The van der Waals surface area contributed by atoms with Gasteiger partial charge in [-0.3, -0.25) is 9.35 Å². The molecule has 0 aromatic rings. The molecule has 1 rings (SSSR count). The Balaban J connectivity index is 2.43. The van der Waals surface area contributed by atoms with Crippen molar-refractivity contribution < 1.29 is 22.9 Å². The van der Waals surface area contributed by atoms with Gasteiger partial charge < -0.3 is 5.11 Å². The van der Waals surface area contributed by atoms with Gasteiger partial charge in [0.15, 0.2) is 0 Å². The SMILES string of the molecule is O=C(O)CC1CCC(S(=O)(=O)O)CC1. The van der Waals surface area contributed by atoms with Crippen LogP contribution in [0.4, 0.5) is 0 Å². The zero-order valence-electron chi connectivity index (χ0n) is 7.72. The summed E-state index contributed by atoms with van der Waals surface area (Å²) in [5.41, 5.74) is 0. The molecule has 1 fully saturated rings. The maximum absolute atomic E-state index is 10.8. The summed E-state index contributed by atoms with van der Waals surface area (Å²) in [5, 5.41) is 7.84. The van der Waals surface area contributed by atoms with Crippen LogP contribution in [0, 0.1) is 5.92 Å². The minimum Gasteiger partial charge on any atom is -0.481 e. The summed E-state index contributed by atoms with van der Waals surface area (Å²) in [6.07, 6.45) is 1.97. The van der Waals surface area contributed by atoms with Crippen molar-refractivity contribution in [3.63, 3.8) is 0 Å². The fourth-order valence-corrected chi connectivity index (χ4v) is 2.75. The second-order valence-electron chi connectivity index (χ2n) is 3.76. The average molecular weight is 222 g/mol. The van der Waals surface area contributed by atoms with Crippen LogP contribution in [-0.2, 0) is 14.9 Å². The predicted octanol–water partition coefficient (Wildman–Crippen LogP) is 0.908. The Morgan fingerprint density at radius 3 is 2.07 bits per heavy atom. The van der Waals surface area contributed by atoms with Gasteiger partial charge in [0.1, 0.15) is 0 Å². The largest absolute Gasteiger partial charge is 0.481 e. The van der Waals surface area contributed by atoms with Gasteiger partial charge in [-0.1, -0.05) is 0 Å². The van der Waals surface area contributed by atoms with E-state index in [9.17, 15) is 13.2 Å². The molecular weight excluding hydrogens is 208 g/mol. The molecule has 0 unspecified atom stereocenters. The molecule has 0 amide bonds. The Bertz CT molecular complexity index is 300. The second-order valence-corrected chi connectivity index (χ2v) is 5.45. The third kappa shape index (κ3) is 3.26. The van der Waals surface area contributed by atoms with Crippen LogP contribution >= 0.6 is 0 Å². The van der Waals surface area contributed by atoms with Crippen molar-refractivity contribution in [1.82, 2.24) is 0 Å². The van der Waals surface area contributed by atoms with Crippen molar-refractivity contribution in [2.24, 2.45) is 5.92 Å². The van der Waals surface area contributed by atoms with E-state index in [4.69, 9.17) is 9.66 Å². The molecule has 14 heavy (non-hydrogen) atoms. The molecule has 0 radical (unpaired) electrons. The molecule has 0 atom stereocenters. The zero-order chi connectivity index (χ0) is 10.8. The third-order valence-corrected chi connectivity index (χ3v) is 3.99. The van der Waals surface area contributed by atoms with Crippen LogP contribution in [0.15, 0.2) is 0 Å². The van der Waals surface area contributed by atoms with E-state index in [-0.39, 0.29) is 12.3 Å². The Morgan fingerprint density at radius 1 is 1.21 bits per heavy atom. The average Bonchev–Trinajstić information content (AvgIpc) is 2.02. The summed E-state index contributed by atoms with van der Waals surface area (Å²) in [6, 6.07) is 0. The summed E-state index contributed by atoms with van der Waals surface area (Å²) in [5.74, 6) is -0.786. The van der Waals surface area contributed by atoms with Crippen molar-refractivity contribution in [1.29, 1.82) is 0 Å². The van der Waals surface area contributed by atoms with Crippen molar-refractivity contribution in [2.75, 3.05) is 0 Å². The number of carboxylic acids is 1. The van der Waals surface area contributed by atoms with Crippen LogP contribution in [-0.4, -0.2) is 29.3 Å². The van der Waals surface area contributed by atoms with Gasteiger partial charge >= 0.3 is 5.97 Å². The van der Waals surface area contributed by atoms with Gasteiger partial charge in [0, 0.05) is 6.42 Å². The van der Waals surface area contributed by atoms with Gasteiger partial charge in [0.25, 0.3) is 10.1 Å². The molecule has 2 N–H and O–H groups in total. The lowest BCUT2D eigenvalue weighted by Crippen LogP contribution is -2.27. The summed E-state index contributed by atoms with van der Waals surface area (Å²) in [4.78, 5) is 10.4. The van der Waals surface area contributed by atoms with E-state index in [1.807, 2.05) is 0 Å². The van der Waals surface area contributed by atoms with Crippen molar-refractivity contribution in [2.45, 2.75) is 37.4 Å². The van der Waals surface area contributed by atoms with Crippen LogP contribution in [0.1, 0.15) is 32.1 Å². The molecule has 0 aromatic heterocycles. The van der Waals surface area contributed by atoms with Crippen LogP contribution in [0.5, 0.6) is 0 Å². The number of hydrogen-bond acceptors (Lipinski definition) is 3. The first-order valence-corrected chi connectivity index (χ1v) is 6.08. The second kappa shape index (κ2) is 4.27. The van der Waals surface area contributed by atoms with Gasteiger partial charge in [-0.05, 0) is 31.6 Å². The summed E-state index contributed by atoms with van der Waals surface area (Å²) in [6.45, 7) is 0. The Hall–Kier alpha value is -0.620. The van der Waals surface area contributed by atoms with Gasteiger partial charge in [0.05, 0.1) is 5.25 Å². The fourth-order valence-electron chi connectivity index (χ4n) is 1.88. The molecule has 1 aliphatic carbocycles. The van der Waals surface area contributed by atoms with E-state index >= 15 is 0 Å². The zero-order valence-corrected chi connectivity index (χ0v) is 8.53. The lowest BCUT2D eigenvalue weighted by molar-refractivity contribution is -0.138. The van der Waals surface area contributed by atoms with Gasteiger partial charge in [-0.2, -0.15) is 8.42 Å². The Morgan fingerprint density at radius 2 is 1.71 bits per heavy atom. The summed E-state index contributed by atoms with van der Waals surface area (Å²) < 4.78 is 30.3. The summed E-state index contributed by atoms with van der Waals surface area (Å²) >= 11 is 0. The molecule has 0 heterocycles. The molecule has 6 heteroatoms. The molecule has 0 bridgehead atoms. The topological polar surface area (TPSA) is 91.7 Å². The molecule has 0 spiro atoms. The van der Waals surface area contributed by atoms with Gasteiger partial charge in [-0.25, -0.2) is 0 Å². The maximum Gasteiger partial charge on any atom is 0.303 e. The van der Waals surface area contributed by atoms with Crippen molar-refractivity contribution in [3.05, 3.63) is 0 Å². The van der Waals surface area contributed by atoms with Crippen molar-refractivity contribution in [3.8, 4) is 0 Å². The van der Waals surface area contributed by atoms with E-state index in [0.29, 0.717) is 25.7 Å². The van der Waals surface area contributed by atoms with Crippen LogP contribution in [0.25, 0.3) is 0 Å². The standard InChI is InChI=1S/C8H14O5S/c9-8(10)5-6-1-3-7(4-2-6)14(11,12)13/h6-7H,1-5H2,(H,9,10)(H,11,12,13). The highest BCUT2D eigenvalue weighted by Crippen LogP contribution is 2.29. The minimum absolute atomic E-state index is 0.0606. The third-order valence-electron chi connectivity index (χ3n) is 2.68. The fraction of sp³-hybridized carbons (Fsp3) is 0.875. The highest BCUT2D eigenvalue weighted by molar-refractivity contribution is 7.86. The molecular formula is C8H14O5S. The molecule has 0 aromatic carbocycles. The quantitative estimate of drug-likeness (QED) is 0.692. The maximum atomic E-state index is 10.8. The number of carboxylic acid groups (broad SMARTS) is 1. The lowest BCUT2D eigenvalue weighted by atomic mass is 9.87. The normalized spacial score (nSPS) is 28.6. The Kier molecular flexibility index (Phi) is 3.49. The van der Waals surface area contributed by atoms with E-state index in [2.05, 4.69) is 0 Å². The van der Waals surface area contributed by atoms with Crippen LogP contribution in [0.2, 0.25) is 0 Å². The van der Waals surface area contributed by atoms with E-state index in [0.717, 1.165) is 0 Å². The Labute approximate surface area is 82.9 Å². The molecule has 1 saturated carbocycles. The first-order valence-electron chi connectivity index (χ1n) is 4.57. The number of carbonyl (C=O) groups is 1. The van der Waals surface area contributed by atoms with Crippen LogP contribution < -0.4 is 0 Å². The monoisotopic (exact) mass is 222 g/mol. The lowest BCUT2D eigenvalue weighted by Gasteiger charge is -2.25. The molecule has 82 valence electrons. The minimum atomic E-state index is -3.93. The molecule has 5 nitrogen and oxygen atoms in total. The van der Waals surface area contributed by atoms with E-state index in [1.54, 1.807) is 0 Å². The first-order chi connectivity index (χ1) is 6.39. The predicted molar refractivity (Wildman–Crippen MR) is 49.5 cm³/mol. The van der Waals surface area contributed by atoms with Gasteiger partial charge in [-0.15, -0.1) is 0 Å². The van der Waals surface area contributed by atoms with Crippen LogP contribution in [0.3, 0.4) is 0 Å². The van der Waals surface area contributed by atoms with Gasteiger partial charge in [0.2, 0.25) is 0 Å². The number of hydrogen-bond donors (Lipinski definition) is 2. The number of rotatable bonds is 3. The summed E-state index contributed by atoms with van der Waals surface area (Å²) in [7, 11) is -3.93. The van der Waals surface area contributed by atoms with E-state index in [1.165, 1.54) is 0 Å². The van der Waals surface area contributed by atoms with Crippen molar-refractivity contribution >= 4 is 16.1 Å². The number of aliphatic carboxylic acids is 1. The van der Waals surface area contributed by atoms with E-state index < -0.39 is 21.3 Å². The first kappa shape index (κ1) is 11.5. The molecule has 1 aliphatic rings. The molecule has 0 saturated heterocycles. The highest BCUT2D eigenvalue weighted by Gasteiger charge is 2.29. The molecule has 0 aliphatic heterocycles.